The van der Waals surface area contributed by atoms with Crippen LogP contribution in [0.4, 0.5) is 11.4 Å². The fraction of sp³-hybridized carbons (Fsp3) is 0.326. The van der Waals surface area contributed by atoms with Crippen LogP contribution in [0.25, 0.3) is 31.3 Å². The van der Waals surface area contributed by atoms with Gasteiger partial charge in [-0.05, 0) is 115 Å². The normalized spacial score (nSPS) is 13.0. The second-order valence-corrected chi connectivity index (χ2v) is 17.4. The third-order valence-corrected chi connectivity index (χ3v) is 10.3. The summed E-state index contributed by atoms with van der Waals surface area (Å²) in [5.41, 5.74) is 12.0. The predicted octanol–water partition coefficient (Wildman–Crippen LogP) is 9.17. The largest absolute Gasteiger partial charge is 0.494 e. The first-order valence-corrected chi connectivity index (χ1v) is 20.4. The molecule has 298 valence electrons. The monoisotopic (exact) mass is 806 g/mol. The minimum atomic E-state index is -0.296. The van der Waals surface area contributed by atoms with Crippen LogP contribution in [0.5, 0.6) is 5.88 Å². The molecule has 8 rings (SSSR count). The van der Waals surface area contributed by atoms with Crippen molar-refractivity contribution in [3.8, 4) is 5.88 Å². The van der Waals surface area contributed by atoms with E-state index in [0.29, 0.717) is 12.0 Å². The SMILES string of the molecule is CN(C)C(OC(C)(C)C)OC(C)(C)C.O=C1Cc2c(ccc3ncsc23)N1.Oc1[nH]c2ccc3ncsc3c2c1C=Nc1ccc(CNCc2ccncc2)cc1. The van der Waals surface area contributed by atoms with Gasteiger partial charge in [0.1, 0.15) is 0 Å². The van der Waals surface area contributed by atoms with Crippen LogP contribution in [-0.4, -0.2) is 73.8 Å². The molecular formula is C43H50N8O4S2. The van der Waals surface area contributed by atoms with Crippen molar-refractivity contribution in [2.45, 2.75) is 78.7 Å². The molecule has 7 aromatic rings. The van der Waals surface area contributed by atoms with Crippen LogP contribution in [-0.2, 0) is 33.8 Å². The van der Waals surface area contributed by atoms with E-state index in [0.717, 1.165) is 61.4 Å². The maximum atomic E-state index is 11.1. The predicted molar refractivity (Wildman–Crippen MR) is 233 cm³/mol. The standard InChI is InChI=1S/C23H19N5OS.C11H25NO2.C9H6N2OS/c29-23-18(21-19(28-23)5-6-20-22(21)30-14-27-20)13-26-17-3-1-15(2-4-17)11-25-12-16-7-9-24-10-8-16;1-10(2,3)13-9(12(7)8)14-11(4,5)6;12-8-3-5-6(11-8)1-2-7-9(5)13-4-10-7/h1-10,13-14,25,28-29H,11-12H2;9H,1-8H3;1-2,4H,3H2,(H,11,12). The van der Waals surface area contributed by atoms with E-state index in [-0.39, 0.29) is 29.4 Å². The Kier molecular flexibility index (Phi) is 13.1. The zero-order chi connectivity index (χ0) is 40.7. The van der Waals surface area contributed by atoms with Crippen molar-refractivity contribution >= 4 is 77.5 Å². The van der Waals surface area contributed by atoms with Gasteiger partial charge in [0.2, 0.25) is 12.3 Å². The average Bonchev–Trinajstić information content (AvgIpc) is 3.96. The van der Waals surface area contributed by atoms with Gasteiger partial charge in [-0.25, -0.2) is 9.97 Å². The lowest BCUT2D eigenvalue weighted by Gasteiger charge is -2.35. The van der Waals surface area contributed by atoms with Gasteiger partial charge in [0.05, 0.1) is 65.8 Å². The highest BCUT2D eigenvalue weighted by Gasteiger charge is 2.26. The number of nitrogens with one attached hydrogen (secondary N) is 3. The lowest BCUT2D eigenvalue weighted by Crippen LogP contribution is -2.43. The lowest BCUT2D eigenvalue weighted by atomic mass is 10.1. The minimum Gasteiger partial charge on any atom is -0.494 e. The summed E-state index contributed by atoms with van der Waals surface area (Å²) in [6.07, 6.45) is 5.51. The Morgan fingerprint density at radius 3 is 2.09 bits per heavy atom. The summed E-state index contributed by atoms with van der Waals surface area (Å²) in [6, 6.07) is 19.8. The first-order valence-electron chi connectivity index (χ1n) is 18.6. The summed E-state index contributed by atoms with van der Waals surface area (Å²) in [6.45, 7) is 13.7. The summed E-state index contributed by atoms with van der Waals surface area (Å²) in [5, 5.41) is 17.6. The molecule has 5 heterocycles. The molecule has 0 fully saturated rings. The Labute approximate surface area is 341 Å². The molecule has 3 aromatic carbocycles. The van der Waals surface area contributed by atoms with Gasteiger partial charge < -0.3 is 30.2 Å². The number of pyridine rings is 1. The molecule has 0 saturated heterocycles. The molecule has 0 bridgehead atoms. The highest BCUT2D eigenvalue weighted by molar-refractivity contribution is 7.18. The summed E-state index contributed by atoms with van der Waals surface area (Å²) < 4.78 is 13.7. The topological polar surface area (TPSA) is 150 Å². The molecule has 1 amide bonds. The molecule has 4 aromatic heterocycles. The first kappa shape index (κ1) is 41.5. The first-order chi connectivity index (χ1) is 27.1. The number of benzene rings is 3. The van der Waals surface area contributed by atoms with Crippen molar-refractivity contribution in [1.82, 2.24) is 30.2 Å². The molecule has 0 aliphatic carbocycles. The highest BCUT2D eigenvalue weighted by atomic mass is 32.1. The summed E-state index contributed by atoms with van der Waals surface area (Å²) >= 11 is 3.15. The van der Waals surface area contributed by atoms with Crippen LogP contribution in [0.1, 0.15) is 63.8 Å². The maximum absolute atomic E-state index is 11.1. The number of fused-ring (bicyclic) bond motifs is 6. The third-order valence-electron chi connectivity index (χ3n) is 8.51. The Hall–Kier alpha value is -5.09. The van der Waals surface area contributed by atoms with E-state index in [1.807, 2.05) is 120 Å². The zero-order valence-corrected chi connectivity index (χ0v) is 35.2. The van der Waals surface area contributed by atoms with Crippen molar-refractivity contribution in [3.63, 3.8) is 0 Å². The molecule has 1 aliphatic heterocycles. The van der Waals surface area contributed by atoms with Gasteiger partial charge in [-0.3, -0.25) is 19.7 Å². The van der Waals surface area contributed by atoms with E-state index >= 15 is 0 Å². The number of aromatic amines is 1. The Balaban J connectivity index is 0.000000169. The van der Waals surface area contributed by atoms with Crippen LogP contribution in [0, 0.1) is 0 Å². The molecule has 0 atom stereocenters. The number of ether oxygens (including phenoxy) is 2. The van der Waals surface area contributed by atoms with E-state index < -0.39 is 0 Å². The van der Waals surface area contributed by atoms with Gasteiger partial charge in [0, 0.05) is 48.3 Å². The molecule has 0 radical (unpaired) electrons. The average molecular weight is 807 g/mol. The fourth-order valence-electron chi connectivity index (χ4n) is 5.90. The van der Waals surface area contributed by atoms with Crippen molar-refractivity contribution in [1.29, 1.82) is 0 Å². The molecule has 4 N–H and O–H groups in total. The second kappa shape index (κ2) is 18.0. The number of rotatable bonds is 9. The number of anilines is 1. The minimum absolute atomic E-state index is 0.0795. The van der Waals surface area contributed by atoms with Crippen LogP contribution in [0.2, 0.25) is 0 Å². The fourth-order valence-corrected chi connectivity index (χ4v) is 7.59. The van der Waals surface area contributed by atoms with Gasteiger partial charge in [-0.15, -0.1) is 22.7 Å². The van der Waals surface area contributed by atoms with Crippen molar-refractivity contribution in [2.75, 3.05) is 19.4 Å². The van der Waals surface area contributed by atoms with Crippen molar-refractivity contribution in [2.24, 2.45) is 4.99 Å². The van der Waals surface area contributed by atoms with Crippen LogP contribution >= 0.6 is 22.7 Å². The van der Waals surface area contributed by atoms with E-state index in [9.17, 15) is 9.90 Å². The number of H-pyrrole nitrogens is 1. The number of thiazole rings is 2. The number of hydrogen-bond acceptors (Lipinski definition) is 12. The smallest absolute Gasteiger partial charge is 0.228 e. The second-order valence-electron chi connectivity index (χ2n) is 15.7. The molecular weight excluding hydrogens is 757 g/mol. The Morgan fingerprint density at radius 1 is 0.860 bits per heavy atom. The molecule has 12 nitrogen and oxygen atoms in total. The quantitative estimate of drug-likeness (QED) is 0.0828. The van der Waals surface area contributed by atoms with Crippen LogP contribution < -0.4 is 10.6 Å². The number of aromatic nitrogens is 4. The van der Waals surface area contributed by atoms with Crippen LogP contribution in [0.15, 0.2) is 89.1 Å². The number of carbonyl (C=O) groups is 1. The van der Waals surface area contributed by atoms with Crippen molar-refractivity contribution in [3.05, 3.63) is 106 Å². The number of amides is 1. The van der Waals surface area contributed by atoms with Crippen molar-refractivity contribution < 1.29 is 19.4 Å². The lowest BCUT2D eigenvalue weighted by molar-refractivity contribution is -0.285. The zero-order valence-electron chi connectivity index (χ0n) is 33.6. The Morgan fingerprint density at radius 2 is 1.46 bits per heavy atom. The van der Waals surface area contributed by atoms with Gasteiger partial charge in [-0.2, -0.15) is 0 Å². The molecule has 0 saturated carbocycles. The summed E-state index contributed by atoms with van der Waals surface area (Å²) in [7, 11) is 3.89. The maximum Gasteiger partial charge on any atom is 0.228 e. The number of aliphatic imine (C=N–C) groups is 1. The molecule has 0 spiro atoms. The van der Waals surface area contributed by atoms with E-state index in [2.05, 4.69) is 47.7 Å². The number of carbonyl (C=O) groups excluding carboxylic acids is 1. The third kappa shape index (κ3) is 11.3. The van der Waals surface area contributed by atoms with Crippen LogP contribution in [0.3, 0.4) is 0 Å². The van der Waals surface area contributed by atoms with Gasteiger partial charge in [-0.1, -0.05) is 12.1 Å². The van der Waals surface area contributed by atoms with E-state index in [1.165, 1.54) is 11.1 Å². The number of nitrogens with zero attached hydrogens (tertiary/aromatic N) is 5. The highest BCUT2D eigenvalue weighted by Crippen LogP contribution is 2.35. The molecule has 0 unspecified atom stereocenters. The molecule has 1 aliphatic rings. The summed E-state index contributed by atoms with van der Waals surface area (Å²) in [5.74, 6) is 0.197. The van der Waals surface area contributed by atoms with E-state index in [1.54, 1.807) is 41.3 Å². The molecule has 14 heteroatoms. The number of aromatic hydroxyl groups is 1. The molecule has 57 heavy (non-hydrogen) atoms. The summed E-state index contributed by atoms with van der Waals surface area (Å²) in [4.78, 5) is 33.3. The van der Waals surface area contributed by atoms with E-state index in [4.69, 9.17) is 9.47 Å². The Bertz CT molecular complexity index is 2430. The van der Waals surface area contributed by atoms with Gasteiger partial charge in [0.25, 0.3) is 0 Å². The van der Waals surface area contributed by atoms with Gasteiger partial charge >= 0.3 is 0 Å². The van der Waals surface area contributed by atoms with Gasteiger partial charge in [0.15, 0.2) is 5.88 Å². The number of hydrogen-bond donors (Lipinski definition) is 4.